The Morgan fingerprint density at radius 3 is 0.731 bits per heavy atom. The van der Waals surface area contributed by atoms with Crippen molar-refractivity contribution in [3.8, 4) is 0 Å². The number of rotatable bonds is 8. The van der Waals surface area contributed by atoms with Crippen molar-refractivity contribution in [2.45, 2.75) is 13.8 Å². The van der Waals surface area contributed by atoms with E-state index in [0.717, 1.165) is 0 Å². The molecule has 6 nitrogen and oxygen atoms in total. The van der Waals surface area contributed by atoms with Crippen LogP contribution < -0.4 is 0 Å². The molecule has 6 heteroatoms. The molecule has 0 unspecified atom stereocenters. The van der Waals surface area contributed by atoms with Gasteiger partial charge in [0.05, 0.1) is 0 Å². The minimum absolute atomic E-state index is 1.21. The van der Waals surface area contributed by atoms with Gasteiger partial charge in [-0.1, -0.05) is 13.8 Å². The van der Waals surface area contributed by atoms with Crippen LogP contribution in [0.5, 0.6) is 0 Å². The Bertz CT molecular complexity index is 332. The maximum Gasteiger partial charge on any atom is 0.0110 e. The van der Waals surface area contributed by atoms with Crippen LogP contribution in [0.4, 0.5) is 0 Å². The second-order valence-electron chi connectivity index (χ2n) is 8.24. The molecule has 3 heterocycles. The van der Waals surface area contributed by atoms with Crippen molar-refractivity contribution in [2.24, 2.45) is 0 Å². The van der Waals surface area contributed by atoms with Gasteiger partial charge in [-0.3, -0.25) is 19.6 Å². The molecule has 0 bridgehead atoms. The highest BCUT2D eigenvalue weighted by molar-refractivity contribution is 4.77. The molecule has 3 aliphatic rings. The average Bonchev–Trinajstić information content (AvgIpc) is 2.72. The third-order valence-corrected chi connectivity index (χ3v) is 6.75. The summed E-state index contributed by atoms with van der Waals surface area (Å²) in [5.41, 5.74) is 0. The van der Waals surface area contributed by atoms with Crippen LogP contribution in [-0.4, -0.2) is 147 Å². The van der Waals surface area contributed by atoms with Crippen LogP contribution in [0.15, 0.2) is 0 Å². The zero-order valence-corrected chi connectivity index (χ0v) is 17.4. The largest absolute Gasteiger partial charge is 0.301 e. The summed E-state index contributed by atoms with van der Waals surface area (Å²) in [6, 6.07) is 0. The highest BCUT2D eigenvalue weighted by Crippen LogP contribution is 2.06. The molecule has 3 rings (SSSR count). The zero-order chi connectivity index (χ0) is 18.2. The Labute approximate surface area is 161 Å². The van der Waals surface area contributed by atoms with E-state index in [2.05, 4.69) is 43.2 Å². The normalized spacial score (nSPS) is 26.5. The maximum absolute atomic E-state index is 2.68. The molecule has 0 saturated carbocycles. The molecule has 0 aromatic carbocycles. The Kier molecular flexibility index (Phi) is 8.62. The van der Waals surface area contributed by atoms with Gasteiger partial charge < -0.3 is 9.80 Å². The summed E-state index contributed by atoms with van der Waals surface area (Å²) in [7, 11) is 0. The molecule has 0 radical (unpaired) electrons. The van der Waals surface area contributed by atoms with Crippen LogP contribution >= 0.6 is 0 Å². The second kappa shape index (κ2) is 10.9. The highest BCUT2D eigenvalue weighted by Gasteiger charge is 2.21. The summed E-state index contributed by atoms with van der Waals surface area (Å²) >= 11 is 0. The predicted molar refractivity (Wildman–Crippen MR) is 110 cm³/mol. The lowest BCUT2D eigenvalue weighted by molar-refractivity contribution is 0.0829. The van der Waals surface area contributed by atoms with Gasteiger partial charge in [0.1, 0.15) is 0 Å². The molecule has 26 heavy (non-hydrogen) atoms. The molecule has 152 valence electrons. The fourth-order valence-electron chi connectivity index (χ4n) is 4.46. The molecular formula is C20H42N6. The van der Waals surface area contributed by atoms with Gasteiger partial charge in [0.15, 0.2) is 0 Å². The number of likely N-dealkylation sites (N-methyl/N-ethyl adjacent to an activating group) is 2. The van der Waals surface area contributed by atoms with E-state index in [-0.39, 0.29) is 0 Å². The molecule has 0 atom stereocenters. The minimum atomic E-state index is 1.21. The Morgan fingerprint density at radius 2 is 0.538 bits per heavy atom. The van der Waals surface area contributed by atoms with E-state index in [1.807, 2.05) is 0 Å². The fourth-order valence-corrected chi connectivity index (χ4v) is 4.46. The lowest BCUT2D eigenvalue weighted by Crippen LogP contribution is -2.53. The third-order valence-electron chi connectivity index (χ3n) is 6.75. The molecule has 3 fully saturated rings. The van der Waals surface area contributed by atoms with Crippen molar-refractivity contribution in [2.75, 3.05) is 118 Å². The highest BCUT2D eigenvalue weighted by atomic mass is 15.3. The van der Waals surface area contributed by atoms with Crippen LogP contribution in [0, 0.1) is 0 Å². The van der Waals surface area contributed by atoms with Crippen molar-refractivity contribution in [1.82, 2.24) is 29.4 Å². The van der Waals surface area contributed by atoms with Gasteiger partial charge in [-0.25, -0.2) is 0 Å². The molecule has 0 aromatic rings. The fraction of sp³-hybridized carbons (Fsp3) is 1.00. The number of hydrogen-bond donors (Lipinski definition) is 0. The van der Waals surface area contributed by atoms with Crippen molar-refractivity contribution in [3.05, 3.63) is 0 Å². The summed E-state index contributed by atoms with van der Waals surface area (Å²) in [4.78, 5) is 15.8. The van der Waals surface area contributed by atoms with E-state index in [1.54, 1.807) is 0 Å². The molecule has 3 saturated heterocycles. The van der Waals surface area contributed by atoms with Crippen LogP contribution in [0.1, 0.15) is 13.8 Å². The van der Waals surface area contributed by atoms with E-state index in [4.69, 9.17) is 0 Å². The van der Waals surface area contributed by atoms with E-state index in [0.29, 0.717) is 0 Å². The smallest absolute Gasteiger partial charge is 0.0110 e. The molecular weight excluding hydrogens is 324 g/mol. The Hall–Kier alpha value is -0.240. The number of nitrogens with zero attached hydrogens (tertiary/aromatic N) is 6. The molecule has 0 aromatic heterocycles. The standard InChI is InChI=1S/C20H42N6/c1-3-21-5-9-23(10-6-21)13-15-25-17-19-26(20-18-25)16-14-24-11-7-22(4-2)8-12-24/h3-20H2,1-2H3. The first-order chi connectivity index (χ1) is 12.8. The van der Waals surface area contributed by atoms with Crippen LogP contribution in [0.2, 0.25) is 0 Å². The predicted octanol–water partition coefficient (Wildman–Crippen LogP) is -0.121. The second-order valence-corrected chi connectivity index (χ2v) is 8.24. The topological polar surface area (TPSA) is 19.4 Å². The molecule has 0 aliphatic carbocycles. The number of piperazine rings is 3. The summed E-state index contributed by atoms with van der Waals surface area (Å²) in [5.74, 6) is 0. The van der Waals surface area contributed by atoms with Crippen molar-refractivity contribution < 1.29 is 0 Å². The van der Waals surface area contributed by atoms with E-state index in [9.17, 15) is 0 Å². The van der Waals surface area contributed by atoms with Gasteiger partial charge in [-0.2, -0.15) is 0 Å². The summed E-state index contributed by atoms with van der Waals surface area (Å²) < 4.78 is 0. The first-order valence-corrected chi connectivity index (χ1v) is 11.1. The lowest BCUT2D eigenvalue weighted by atomic mass is 10.2. The van der Waals surface area contributed by atoms with Crippen molar-refractivity contribution >= 4 is 0 Å². The van der Waals surface area contributed by atoms with E-state index < -0.39 is 0 Å². The van der Waals surface area contributed by atoms with Crippen LogP contribution in [0.3, 0.4) is 0 Å². The van der Waals surface area contributed by atoms with Gasteiger partial charge in [-0.05, 0) is 13.1 Å². The summed E-state index contributed by atoms with van der Waals surface area (Å²) in [5, 5.41) is 0. The van der Waals surface area contributed by atoms with Gasteiger partial charge in [0.2, 0.25) is 0 Å². The van der Waals surface area contributed by atoms with Gasteiger partial charge in [0, 0.05) is 105 Å². The number of hydrogen-bond acceptors (Lipinski definition) is 6. The quantitative estimate of drug-likeness (QED) is 0.592. The average molecular weight is 367 g/mol. The molecule has 0 N–H and O–H groups in total. The molecule has 0 spiro atoms. The summed E-state index contributed by atoms with van der Waals surface area (Å²) in [6.07, 6.45) is 0. The SMILES string of the molecule is CCN1CCN(CCN2CCN(CCN3CCN(CC)CC3)CC2)CC1. The molecule has 3 aliphatic heterocycles. The van der Waals surface area contributed by atoms with Crippen LogP contribution in [0.25, 0.3) is 0 Å². The Morgan fingerprint density at radius 1 is 0.346 bits per heavy atom. The summed E-state index contributed by atoms with van der Waals surface area (Å²) in [6.45, 7) is 27.2. The van der Waals surface area contributed by atoms with E-state index >= 15 is 0 Å². The Balaban J connectivity index is 1.23. The van der Waals surface area contributed by atoms with Crippen LogP contribution in [-0.2, 0) is 0 Å². The first kappa shape index (κ1) is 20.5. The van der Waals surface area contributed by atoms with Crippen molar-refractivity contribution in [1.29, 1.82) is 0 Å². The zero-order valence-electron chi connectivity index (χ0n) is 17.4. The van der Waals surface area contributed by atoms with E-state index in [1.165, 1.54) is 118 Å². The first-order valence-electron chi connectivity index (χ1n) is 11.1. The maximum atomic E-state index is 2.68. The molecule has 0 amide bonds. The van der Waals surface area contributed by atoms with Gasteiger partial charge in [0.25, 0.3) is 0 Å². The van der Waals surface area contributed by atoms with Crippen molar-refractivity contribution in [3.63, 3.8) is 0 Å². The monoisotopic (exact) mass is 366 g/mol. The third kappa shape index (κ3) is 6.43. The van der Waals surface area contributed by atoms with Gasteiger partial charge in [-0.15, -0.1) is 0 Å². The van der Waals surface area contributed by atoms with Gasteiger partial charge >= 0.3 is 0 Å². The minimum Gasteiger partial charge on any atom is -0.301 e. The lowest BCUT2D eigenvalue weighted by Gasteiger charge is -2.39.